The molecule has 29 heteroatoms. The molecule has 0 spiro atoms. The number of nitrogen functional groups attached to an aromatic ring is 1. The van der Waals surface area contributed by atoms with Gasteiger partial charge in [0.15, 0.2) is 23.9 Å². The number of ether oxygens (including phenoxy) is 1. The molecule has 3 heterocycles. The number of rotatable bonds is 20. The van der Waals surface area contributed by atoms with E-state index >= 15 is 0 Å². The molecule has 12 N–H and O–H groups in total. The fraction of sp³-hybridized carbons (Fsp3) is 0.652. The van der Waals surface area contributed by atoms with Gasteiger partial charge in [0, 0.05) is 31.3 Å². The Bertz CT molecular complexity index is 1750. The molecule has 1 aliphatic heterocycles. The maximum Gasteiger partial charge on any atom is 0.481 e. The molecule has 0 aliphatic carbocycles. The zero-order valence-corrected chi connectivity index (χ0v) is 29.9. The van der Waals surface area contributed by atoms with Gasteiger partial charge in [-0.1, -0.05) is 13.8 Å². The molecule has 8 atom stereocenters. The number of amides is 3. The first-order valence-electron chi connectivity index (χ1n) is 14.8. The van der Waals surface area contributed by atoms with Gasteiger partial charge in [-0.05, 0) is 0 Å². The van der Waals surface area contributed by atoms with E-state index in [1.165, 1.54) is 13.8 Å². The van der Waals surface area contributed by atoms with Crippen LogP contribution in [-0.4, -0.2) is 124 Å². The molecule has 0 saturated carbocycles. The highest BCUT2D eigenvalue weighted by Gasteiger charge is 2.50. The summed E-state index contributed by atoms with van der Waals surface area (Å²) in [5.41, 5.74) is 8.95. The quantitative estimate of drug-likeness (QED) is 0.0624. The van der Waals surface area contributed by atoms with E-state index in [9.17, 15) is 62.3 Å². The lowest BCUT2D eigenvalue weighted by atomic mass is 9.87. The maximum atomic E-state index is 13.2. The molecule has 1 saturated heterocycles. The molecule has 8 unspecified atom stereocenters. The number of phosphoric acid groups is 3. The minimum atomic E-state index is -5.59. The van der Waals surface area contributed by atoms with Crippen LogP contribution in [0.5, 0.6) is 0 Å². The van der Waals surface area contributed by atoms with Gasteiger partial charge in [0.25, 0.3) is 5.91 Å². The summed E-state index contributed by atoms with van der Waals surface area (Å²) in [7, 11) is -16.4. The number of imidazole rings is 1. The highest BCUT2D eigenvalue weighted by atomic mass is 31.3. The minimum absolute atomic E-state index is 0.0177. The topological polar surface area (TPSA) is 390 Å². The van der Waals surface area contributed by atoms with Gasteiger partial charge in [-0.25, -0.2) is 33.0 Å². The molecule has 2 aromatic heterocycles. The van der Waals surface area contributed by atoms with Gasteiger partial charge >= 0.3 is 23.5 Å². The van der Waals surface area contributed by atoms with Crippen LogP contribution in [-0.2, 0) is 50.7 Å². The Morgan fingerprint density at radius 3 is 2.37 bits per heavy atom. The smallest absolute Gasteiger partial charge is 0.386 e. The van der Waals surface area contributed by atoms with Crippen molar-refractivity contribution in [2.45, 2.75) is 63.5 Å². The van der Waals surface area contributed by atoms with Gasteiger partial charge in [-0.3, -0.25) is 32.5 Å². The number of carbonyl (C=O) groups excluding carboxylic acids is 3. The fourth-order valence-electron chi connectivity index (χ4n) is 4.42. The van der Waals surface area contributed by atoms with Crippen LogP contribution in [0.1, 0.15) is 32.9 Å². The normalized spacial score (nSPS) is 23.0. The molecule has 0 bridgehead atoms. The zero-order valence-electron chi connectivity index (χ0n) is 27.2. The van der Waals surface area contributed by atoms with E-state index < -0.39 is 96.6 Å². The molecular formula is C23H38FN8O17P3. The number of halogens is 1. The van der Waals surface area contributed by atoms with E-state index in [2.05, 4.69) is 34.4 Å². The van der Waals surface area contributed by atoms with E-state index in [0.717, 1.165) is 17.2 Å². The number of fused-ring (bicyclic) bond motifs is 1. The minimum Gasteiger partial charge on any atom is -0.386 e. The molecule has 3 amide bonds. The molecule has 25 nitrogen and oxygen atoms in total. The van der Waals surface area contributed by atoms with E-state index in [0.29, 0.717) is 0 Å². The second-order valence-corrected chi connectivity index (χ2v) is 16.0. The van der Waals surface area contributed by atoms with E-state index in [1.54, 1.807) is 0 Å². The van der Waals surface area contributed by atoms with Crippen LogP contribution in [0.2, 0.25) is 0 Å². The molecule has 52 heavy (non-hydrogen) atoms. The number of nitrogens with two attached hydrogens (primary N) is 2. The van der Waals surface area contributed by atoms with Crippen molar-refractivity contribution in [3.05, 3.63) is 12.7 Å². The standard InChI is InChI=1S/C23H38FN8O17P3/c1-23(2,17(35)21(37)28-6-4-13(33)27-5-3-11(24)19(26)36)8-46-52(43,44)49-51(41,42)45-7-12-16(48-50(38,39)40)15(34)22(47-12)32-10-31-14-18(25)29-9-30-20(14)32/h9-12,15-17,22,34-35H,3-8H2,1-2H3,(H2,26,36)(H,27,33)(H,28,37)(H,41,42)(H,43,44)(H2,25,29,30)(H2,38,39,40). The highest BCUT2D eigenvalue weighted by molar-refractivity contribution is 7.61. The van der Waals surface area contributed by atoms with Crippen LogP contribution in [0.4, 0.5) is 10.2 Å². The number of hydrogen-bond acceptors (Lipinski definition) is 17. The average molecular weight is 811 g/mol. The molecule has 1 fully saturated rings. The largest absolute Gasteiger partial charge is 0.481 e. The summed E-state index contributed by atoms with van der Waals surface area (Å²) in [6.07, 6.45) is -9.50. The number of phosphoric ester groups is 3. The second kappa shape index (κ2) is 17.4. The van der Waals surface area contributed by atoms with Gasteiger partial charge in [0.05, 0.1) is 19.5 Å². The SMILES string of the molecule is CC(C)(COP(=O)(O)OP(=O)(O)OCC1OC(n2cnc3c(N)ncnc32)C(O)C1OP(=O)(O)O)C(O)C(=O)NCCC(=O)NCCC(F)C(N)=O. The highest BCUT2D eigenvalue weighted by Crippen LogP contribution is 2.61. The Labute approximate surface area is 292 Å². The molecule has 294 valence electrons. The zero-order chi connectivity index (χ0) is 39.2. The summed E-state index contributed by atoms with van der Waals surface area (Å²) >= 11 is 0. The molecule has 2 aromatic rings. The number of nitrogens with one attached hydrogen (secondary N) is 2. The number of aliphatic hydroxyl groups excluding tert-OH is 2. The number of nitrogens with zero attached hydrogens (tertiary/aromatic N) is 4. The van der Waals surface area contributed by atoms with Crippen LogP contribution in [0.25, 0.3) is 11.2 Å². The van der Waals surface area contributed by atoms with Gasteiger partial charge in [0.1, 0.15) is 36.3 Å². The lowest BCUT2D eigenvalue weighted by Crippen LogP contribution is -2.46. The van der Waals surface area contributed by atoms with Gasteiger partial charge < -0.3 is 56.6 Å². The first-order valence-corrected chi connectivity index (χ1v) is 19.3. The van der Waals surface area contributed by atoms with Crippen molar-refractivity contribution in [3.63, 3.8) is 0 Å². The van der Waals surface area contributed by atoms with Crippen LogP contribution in [0.3, 0.4) is 0 Å². The van der Waals surface area contributed by atoms with Crippen LogP contribution >= 0.6 is 23.5 Å². The third-order valence-corrected chi connectivity index (χ3v) is 10.2. The van der Waals surface area contributed by atoms with Gasteiger partial charge in [-0.2, -0.15) is 4.31 Å². The second-order valence-electron chi connectivity index (χ2n) is 11.7. The van der Waals surface area contributed by atoms with Crippen molar-refractivity contribution >= 4 is 58.2 Å². The molecule has 0 aromatic carbocycles. The number of hydrogen-bond donors (Lipinski definition) is 10. The molecule has 0 radical (unpaired) electrons. The molecule has 3 rings (SSSR count). The Morgan fingerprint density at radius 1 is 1.08 bits per heavy atom. The Kier molecular flexibility index (Phi) is 14.5. The number of aliphatic hydroxyl groups is 2. The van der Waals surface area contributed by atoms with E-state index in [1.807, 2.05) is 0 Å². The monoisotopic (exact) mass is 810 g/mol. The van der Waals surface area contributed by atoms with E-state index in [-0.39, 0.29) is 42.9 Å². The van der Waals surface area contributed by atoms with Crippen LogP contribution in [0.15, 0.2) is 12.7 Å². The first-order chi connectivity index (χ1) is 23.9. The lowest BCUT2D eigenvalue weighted by molar-refractivity contribution is -0.137. The molecular weight excluding hydrogens is 772 g/mol. The predicted molar refractivity (Wildman–Crippen MR) is 168 cm³/mol. The van der Waals surface area contributed by atoms with Crippen LogP contribution < -0.4 is 22.1 Å². The van der Waals surface area contributed by atoms with Crippen molar-refractivity contribution < 1.29 is 84.9 Å². The third-order valence-electron chi connectivity index (χ3n) is 7.11. The Balaban J connectivity index is 1.55. The molecule has 1 aliphatic rings. The summed E-state index contributed by atoms with van der Waals surface area (Å²) in [4.78, 5) is 85.6. The predicted octanol–water partition coefficient (Wildman–Crippen LogP) is -2.38. The maximum absolute atomic E-state index is 13.2. The number of primary amides is 1. The van der Waals surface area contributed by atoms with Crippen molar-refractivity contribution in [2.75, 3.05) is 32.0 Å². The Morgan fingerprint density at radius 2 is 1.73 bits per heavy atom. The number of aromatic nitrogens is 4. The Hall–Kier alpha value is -3.06. The van der Waals surface area contributed by atoms with Crippen molar-refractivity contribution in [2.24, 2.45) is 11.1 Å². The summed E-state index contributed by atoms with van der Waals surface area (Å²) in [6.45, 7) is -0.180. The number of alkyl halides is 1. The average Bonchev–Trinajstić information content (AvgIpc) is 3.58. The summed E-state index contributed by atoms with van der Waals surface area (Å²) in [5, 5.41) is 25.8. The lowest BCUT2D eigenvalue weighted by Gasteiger charge is -2.30. The summed E-state index contributed by atoms with van der Waals surface area (Å²) < 4.78 is 74.9. The van der Waals surface area contributed by atoms with E-state index in [4.69, 9.17) is 25.3 Å². The number of carbonyl (C=O) groups is 3. The van der Waals surface area contributed by atoms with Crippen LogP contribution in [0, 0.1) is 5.41 Å². The summed E-state index contributed by atoms with van der Waals surface area (Å²) in [6, 6.07) is 0. The first kappa shape index (κ1) is 43.3. The number of anilines is 1. The summed E-state index contributed by atoms with van der Waals surface area (Å²) in [5.74, 6) is -2.92. The van der Waals surface area contributed by atoms with Crippen molar-refractivity contribution in [1.29, 1.82) is 0 Å². The van der Waals surface area contributed by atoms with Crippen molar-refractivity contribution in [1.82, 2.24) is 30.2 Å². The third kappa shape index (κ3) is 12.2. The van der Waals surface area contributed by atoms with Gasteiger partial charge in [-0.15, -0.1) is 0 Å². The van der Waals surface area contributed by atoms with Gasteiger partial charge in [0.2, 0.25) is 11.8 Å². The fourth-order valence-corrected chi connectivity index (χ4v) is 7.25. The van der Waals surface area contributed by atoms with Crippen molar-refractivity contribution in [3.8, 4) is 0 Å².